The second-order valence-electron chi connectivity index (χ2n) is 8.17. The lowest BCUT2D eigenvalue weighted by molar-refractivity contribution is -0.143. The Morgan fingerprint density at radius 3 is 2.52 bits per heavy atom. The molecule has 1 N–H and O–H groups in total. The van der Waals surface area contributed by atoms with E-state index in [4.69, 9.17) is 4.74 Å². The molecule has 6 heteroatoms. The average molecular weight is 427 g/mol. The molecule has 2 aromatic carbocycles. The number of carbonyl (C=O) groups is 2. The molecule has 0 heterocycles. The Morgan fingerprint density at radius 2 is 1.87 bits per heavy atom. The Hall–Kier alpha value is -2.89. The van der Waals surface area contributed by atoms with Crippen molar-refractivity contribution >= 4 is 11.8 Å². The summed E-state index contributed by atoms with van der Waals surface area (Å²) in [6.07, 6.45) is 4.67. The fourth-order valence-corrected chi connectivity index (χ4v) is 4.01. The van der Waals surface area contributed by atoms with Gasteiger partial charge in [-0.2, -0.15) is 0 Å². The molecule has 0 unspecified atom stereocenters. The zero-order valence-electron chi connectivity index (χ0n) is 18.3. The van der Waals surface area contributed by atoms with Gasteiger partial charge < -0.3 is 15.0 Å². The van der Waals surface area contributed by atoms with E-state index in [9.17, 15) is 14.0 Å². The van der Waals surface area contributed by atoms with Gasteiger partial charge in [0.1, 0.15) is 17.6 Å². The molecule has 0 aromatic heterocycles. The van der Waals surface area contributed by atoms with Gasteiger partial charge in [-0.05, 0) is 61.6 Å². The number of amides is 2. The van der Waals surface area contributed by atoms with Crippen molar-refractivity contribution in [2.45, 2.75) is 64.6 Å². The summed E-state index contributed by atoms with van der Waals surface area (Å²) in [7, 11) is 0. The topological polar surface area (TPSA) is 58.6 Å². The normalized spacial score (nSPS) is 14.8. The lowest BCUT2D eigenvalue weighted by Gasteiger charge is -2.31. The molecule has 0 radical (unpaired) electrons. The van der Waals surface area contributed by atoms with Crippen LogP contribution < -0.4 is 10.1 Å². The van der Waals surface area contributed by atoms with Gasteiger partial charge in [-0.3, -0.25) is 9.59 Å². The van der Waals surface area contributed by atoms with E-state index in [1.54, 1.807) is 23.1 Å². The number of nitrogens with zero attached hydrogens (tertiary/aromatic N) is 1. The third-order valence-corrected chi connectivity index (χ3v) is 5.71. The van der Waals surface area contributed by atoms with E-state index in [-0.39, 0.29) is 36.8 Å². The van der Waals surface area contributed by atoms with Crippen molar-refractivity contribution in [3.8, 4) is 5.75 Å². The van der Waals surface area contributed by atoms with Crippen LogP contribution in [0.2, 0.25) is 0 Å². The lowest BCUT2D eigenvalue weighted by atomic mass is 10.1. The van der Waals surface area contributed by atoms with Gasteiger partial charge in [0.15, 0.2) is 6.61 Å². The molecule has 3 rings (SSSR count). The Morgan fingerprint density at radius 1 is 1.16 bits per heavy atom. The van der Waals surface area contributed by atoms with E-state index in [1.165, 1.54) is 12.1 Å². The summed E-state index contributed by atoms with van der Waals surface area (Å²) in [5.74, 6) is -0.145. The van der Waals surface area contributed by atoms with Crippen LogP contribution in [-0.2, 0) is 16.1 Å². The highest BCUT2D eigenvalue weighted by Gasteiger charge is 2.30. The molecule has 0 aliphatic heterocycles. The zero-order chi connectivity index (χ0) is 22.2. The number of hydrogen-bond acceptors (Lipinski definition) is 3. The number of benzene rings is 2. The number of carbonyl (C=O) groups excluding carboxylic acids is 2. The highest BCUT2D eigenvalue weighted by Crippen LogP contribution is 2.20. The molecule has 5 nitrogen and oxygen atoms in total. The smallest absolute Gasteiger partial charge is 0.261 e. The minimum Gasteiger partial charge on any atom is -0.484 e. The van der Waals surface area contributed by atoms with E-state index in [2.05, 4.69) is 5.32 Å². The van der Waals surface area contributed by atoms with Gasteiger partial charge in [-0.25, -0.2) is 4.39 Å². The standard InChI is InChI=1S/C25H31FN2O3/c1-3-23(25(30)27-21-8-4-5-9-21)28(16-19-11-13-20(26)14-12-19)24(29)17-31-22-10-6-7-18(2)15-22/h6-7,10-15,21,23H,3-5,8-9,16-17H2,1-2H3,(H,27,30)/t23-/m1/s1. The van der Waals surface area contributed by atoms with Crippen LogP contribution in [0.3, 0.4) is 0 Å². The van der Waals surface area contributed by atoms with E-state index in [0.29, 0.717) is 12.2 Å². The highest BCUT2D eigenvalue weighted by molar-refractivity contribution is 5.88. The monoisotopic (exact) mass is 426 g/mol. The molecule has 1 saturated carbocycles. The van der Waals surface area contributed by atoms with Crippen LogP contribution in [0.1, 0.15) is 50.2 Å². The van der Waals surface area contributed by atoms with Crippen molar-refractivity contribution in [2.75, 3.05) is 6.61 Å². The van der Waals surface area contributed by atoms with Gasteiger partial charge in [0, 0.05) is 12.6 Å². The van der Waals surface area contributed by atoms with Crippen molar-refractivity contribution in [3.63, 3.8) is 0 Å². The largest absolute Gasteiger partial charge is 0.484 e. The number of nitrogens with one attached hydrogen (secondary N) is 1. The second-order valence-corrected chi connectivity index (χ2v) is 8.17. The van der Waals surface area contributed by atoms with Crippen molar-refractivity contribution in [1.82, 2.24) is 10.2 Å². The Kier molecular flexibility index (Phi) is 8.04. The fourth-order valence-electron chi connectivity index (χ4n) is 4.01. The molecule has 1 atom stereocenters. The Bertz CT molecular complexity index is 879. The summed E-state index contributed by atoms with van der Waals surface area (Å²) < 4.78 is 19.1. The van der Waals surface area contributed by atoms with E-state index in [1.807, 2.05) is 32.0 Å². The maximum absolute atomic E-state index is 13.3. The Balaban J connectivity index is 1.75. The summed E-state index contributed by atoms with van der Waals surface area (Å²) in [5, 5.41) is 3.11. The molecule has 1 fully saturated rings. The van der Waals surface area contributed by atoms with Crippen molar-refractivity contribution in [2.24, 2.45) is 0 Å². The SMILES string of the molecule is CC[C@H](C(=O)NC1CCCC1)N(Cc1ccc(F)cc1)C(=O)COc1cccc(C)c1. The molecule has 1 aliphatic carbocycles. The van der Waals surface area contributed by atoms with Gasteiger partial charge in [0.2, 0.25) is 5.91 Å². The van der Waals surface area contributed by atoms with Crippen LogP contribution >= 0.6 is 0 Å². The first-order valence-corrected chi connectivity index (χ1v) is 11.0. The van der Waals surface area contributed by atoms with Crippen LogP contribution in [0.25, 0.3) is 0 Å². The predicted octanol–water partition coefficient (Wildman–Crippen LogP) is 4.38. The molecule has 0 spiro atoms. The average Bonchev–Trinajstić information content (AvgIpc) is 3.26. The predicted molar refractivity (Wildman–Crippen MR) is 118 cm³/mol. The zero-order valence-corrected chi connectivity index (χ0v) is 18.3. The van der Waals surface area contributed by atoms with Crippen LogP contribution in [0.5, 0.6) is 5.75 Å². The molecule has 166 valence electrons. The molecule has 0 saturated heterocycles. The van der Waals surface area contributed by atoms with Crippen LogP contribution in [0.15, 0.2) is 48.5 Å². The summed E-state index contributed by atoms with van der Waals surface area (Å²) in [5.41, 5.74) is 1.80. The van der Waals surface area contributed by atoms with Gasteiger partial charge in [0.25, 0.3) is 5.91 Å². The van der Waals surface area contributed by atoms with E-state index in [0.717, 1.165) is 36.8 Å². The third-order valence-electron chi connectivity index (χ3n) is 5.71. The molecule has 2 aromatic rings. The summed E-state index contributed by atoms with van der Waals surface area (Å²) >= 11 is 0. The van der Waals surface area contributed by atoms with Gasteiger partial charge in [0.05, 0.1) is 0 Å². The van der Waals surface area contributed by atoms with Crippen LogP contribution in [-0.4, -0.2) is 35.4 Å². The molecular formula is C25H31FN2O3. The number of ether oxygens (including phenoxy) is 1. The first-order valence-electron chi connectivity index (χ1n) is 11.0. The third kappa shape index (κ3) is 6.54. The summed E-state index contributed by atoms with van der Waals surface area (Å²) in [6.45, 7) is 3.89. The number of aryl methyl sites for hydroxylation is 1. The fraction of sp³-hybridized carbons (Fsp3) is 0.440. The Labute approximate surface area is 183 Å². The summed E-state index contributed by atoms with van der Waals surface area (Å²) in [4.78, 5) is 27.7. The quantitative estimate of drug-likeness (QED) is 0.647. The molecule has 0 bridgehead atoms. The molecule has 31 heavy (non-hydrogen) atoms. The first-order chi connectivity index (χ1) is 15.0. The minimum absolute atomic E-state index is 0.139. The molecule has 1 aliphatic rings. The first kappa shape index (κ1) is 22.8. The summed E-state index contributed by atoms with van der Waals surface area (Å²) in [6, 6.07) is 13.0. The molecular weight excluding hydrogens is 395 g/mol. The number of rotatable bonds is 9. The minimum atomic E-state index is -0.612. The lowest BCUT2D eigenvalue weighted by Crippen LogP contribution is -2.52. The van der Waals surface area contributed by atoms with Crippen molar-refractivity contribution in [3.05, 3.63) is 65.5 Å². The van der Waals surface area contributed by atoms with Crippen LogP contribution in [0, 0.1) is 12.7 Å². The molecule has 2 amide bonds. The van der Waals surface area contributed by atoms with Gasteiger partial charge >= 0.3 is 0 Å². The number of halogens is 1. The van der Waals surface area contributed by atoms with E-state index < -0.39 is 6.04 Å². The van der Waals surface area contributed by atoms with Crippen molar-refractivity contribution in [1.29, 1.82) is 0 Å². The van der Waals surface area contributed by atoms with Gasteiger partial charge in [-0.1, -0.05) is 44.0 Å². The second kappa shape index (κ2) is 10.9. The van der Waals surface area contributed by atoms with Crippen molar-refractivity contribution < 1.29 is 18.7 Å². The maximum atomic E-state index is 13.3. The number of hydrogen-bond donors (Lipinski definition) is 1. The van der Waals surface area contributed by atoms with Crippen LogP contribution in [0.4, 0.5) is 4.39 Å². The van der Waals surface area contributed by atoms with Gasteiger partial charge in [-0.15, -0.1) is 0 Å². The highest BCUT2D eigenvalue weighted by atomic mass is 19.1. The maximum Gasteiger partial charge on any atom is 0.261 e. The van der Waals surface area contributed by atoms with E-state index >= 15 is 0 Å².